The summed E-state index contributed by atoms with van der Waals surface area (Å²) in [5, 5.41) is 11.7. The summed E-state index contributed by atoms with van der Waals surface area (Å²) in [6.45, 7) is 0. The molecule has 0 saturated heterocycles. The molecule has 0 spiro atoms. The highest BCUT2D eigenvalue weighted by atomic mass is 32.2. The number of hydrogen-bond donors (Lipinski definition) is 2. The van der Waals surface area contributed by atoms with Crippen molar-refractivity contribution in [1.29, 1.82) is 0 Å². The third-order valence-corrected chi connectivity index (χ3v) is 6.19. The summed E-state index contributed by atoms with van der Waals surface area (Å²) in [6.07, 6.45) is 0.777. The number of aromatic nitrogens is 2. The van der Waals surface area contributed by atoms with Crippen LogP contribution in [0.2, 0.25) is 0 Å². The van der Waals surface area contributed by atoms with E-state index in [1.54, 1.807) is 24.3 Å². The Bertz CT molecular complexity index is 1440. The molecule has 2 aromatic carbocycles. The van der Waals surface area contributed by atoms with Gasteiger partial charge < -0.3 is 20.9 Å². The molecule has 2 aromatic heterocycles. The summed E-state index contributed by atoms with van der Waals surface area (Å²) in [7, 11) is 0. The van der Waals surface area contributed by atoms with Crippen LogP contribution in [0.15, 0.2) is 53.7 Å². The average Bonchev–Trinajstić information content (AvgIpc) is 3.15. The fourth-order valence-corrected chi connectivity index (χ4v) is 4.41. The Balaban J connectivity index is 1.64. The van der Waals surface area contributed by atoms with Crippen molar-refractivity contribution in [3.63, 3.8) is 0 Å². The minimum absolute atomic E-state index is 0.0823. The first-order valence-electron chi connectivity index (χ1n) is 9.45. The zero-order chi connectivity index (χ0) is 24.4. The van der Waals surface area contributed by atoms with Crippen LogP contribution >= 0.6 is 23.1 Å². The smallest absolute Gasteiger partial charge is 0.397 e. The molecule has 4 N–H and O–H groups in total. The van der Waals surface area contributed by atoms with Crippen LogP contribution in [-0.2, 0) is 0 Å². The lowest BCUT2D eigenvalue weighted by Crippen LogP contribution is -2.13. The first-order chi connectivity index (χ1) is 16.3. The number of nitrogens with two attached hydrogens (primary N) is 2. The Morgan fingerprint density at radius 2 is 1.79 bits per heavy atom. The maximum Gasteiger partial charge on any atom is 0.519 e. The zero-order valence-corrected chi connectivity index (χ0v) is 19.0. The van der Waals surface area contributed by atoms with Crippen LogP contribution in [-0.4, -0.2) is 33.2 Å². The number of thioether (sulfide) groups is 1. The summed E-state index contributed by atoms with van der Waals surface area (Å²) in [5.41, 5.74) is 12.7. The van der Waals surface area contributed by atoms with Gasteiger partial charge in [0.2, 0.25) is 0 Å². The third-order valence-electron chi connectivity index (χ3n) is 4.53. The highest BCUT2D eigenvalue weighted by molar-refractivity contribution is 7.98. The number of amides is 1. The molecule has 172 valence electrons. The minimum Gasteiger partial charge on any atom is -0.397 e. The Labute approximate surface area is 199 Å². The van der Waals surface area contributed by atoms with Crippen LogP contribution in [0, 0.1) is 10.1 Å². The van der Waals surface area contributed by atoms with Crippen molar-refractivity contribution in [2.75, 3.05) is 12.0 Å². The summed E-state index contributed by atoms with van der Waals surface area (Å²) < 4.78 is 10.3. The lowest BCUT2D eigenvalue weighted by atomic mass is 10.1. The molecule has 0 radical (unpaired) electrons. The number of nitro groups is 1. The van der Waals surface area contributed by atoms with E-state index in [4.69, 9.17) is 20.9 Å². The number of hydrogen-bond acceptors (Lipinski definition) is 11. The molecule has 11 nitrogen and oxygen atoms in total. The Morgan fingerprint density at radius 1 is 1.09 bits per heavy atom. The van der Waals surface area contributed by atoms with E-state index in [1.165, 1.54) is 36.0 Å². The number of nitrogen functional groups attached to an aromatic ring is 1. The number of anilines is 1. The molecule has 4 rings (SSSR count). The Morgan fingerprint density at radius 3 is 2.44 bits per heavy atom. The van der Waals surface area contributed by atoms with Gasteiger partial charge in [0.1, 0.15) is 21.2 Å². The number of benzene rings is 2. The van der Waals surface area contributed by atoms with E-state index >= 15 is 0 Å². The fraction of sp³-hybridized carbons (Fsp3) is 0.0476. The molecular formula is C21H15N5O6S2. The van der Waals surface area contributed by atoms with E-state index in [2.05, 4.69) is 9.97 Å². The van der Waals surface area contributed by atoms with Gasteiger partial charge in [-0.05, 0) is 30.5 Å². The van der Waals surface area contributed by atoms with Crippen molar-refractivity contribution in [2.24, 2.45) is 5.73 Å². The van der Waals surface area contributed by atoms with Crippen molar-refractivity contribution < 1.29 is 24.0 Å². The molecule has 0 aliphatic rings. The lowest BCUT2D eigenvalue weighted by Gasteiger charge is -2.09. The highest BCUT2D eigenvalue weighted by Crippen LogP contribution is 2.39. The predicted octanol–water partition coefficient (Wildman–Crippen LogP) is 4.25. The molecule has 1 amide bonds. The number of non-ortho nitro benzene ring substituents is 1. The Hall–Kier alpha value is -4.23. The van der Waals surface area contributed by atoms with Gasteiger partial charge in [-0.25, -0.2) is 14.8 Å². The maximum atomic E-state index is 12.2. The van der Waals surface area contributed by atoms with Crippen molar-refractivity contribution in [3.8, 4) is 22.8 Å². The number of primary amides is 1. The number of thiophene rings is 1. The fourth-order valence-electron chi connectivity index (χ4n) is 3.04. The SMILES string of the molecule is CSc1nc(-c2cccc(OC(=O)Oc3ccc([N+](=O)[O-])cc3)c2)c2c(N)c(C(N)=O)sc2n1. The van der Waals surface area contributed by atoms with Crippen LogP contribution in [0.4, 0.5) is 16.2 Å². The molecule has 2 heterocycles. The number of carbonyl (C=O) groups is 2. The number of rotatable bonds is 6. The summed E-state index contributed by atoms with van der Waals surface area (Å²) in [4.78, 5) is 43.8. The lowest BCUT2D eigenvalue weighted by molar-refractivity contribution is -0.384. The van der Waals surface area contributed by atoms with Gasteiger partial charge in [0.25, 0.3) is 11.6 Å². The zero-order valence-electron chi connectivity index (χ0n) is 17.4. The van der Waals surface area contributed by atoms with Crippen molar-refractivity contribution >= 4 is 56.8 Å². The topological polar surface area (TPSA) is 174 Å². The number of nitrogens with zero attached hydrogens (tertiary/aromatic N) is 3. The summed E-state index contributed by atoms with van der Waals surface area (Å²) >= 11 is 2.39. The van der Waals surface area contributed by atoms with Gasteiger partial charge in [-0.1, -0.05) is 23.9 Å². The molecule has 0 aliphatic heterocycles. The number of fused-ring (bicyclic) bond motifs is 1. The van der Waals surface area contributed by atoms with Gasteiger partial charge in [-0.3, -0.25) is 14.9 Å². The van der Waals surface area contributed by atoms with Crippen LogP contribution in [0.1, 0.15) is 9.67 Å². The predicted molar refractivity (Wildman–Crippen MR) is 127 cm³/mol. The Kier molecular flexibility index (Phi) is 6.30. The van der Waals surface area contributed by atoms with Crippen LogP contribution < -0.4 is 20.9 Å². The molecule has 34 heavy (non-hydrogen) atoms. The van der Waals surface area contributed by atoms with Gasteiger partial charge >= 0.3 is 6.16 Å². The molecule has 0 aliphatic carbocycles. The molecule has 0 atom stereocenters. The second-order valence-corrected chi connectivity index (χ2v) is 8.45. The van der Waals surface area contributed by atoms with Crippen molar-refractivity contribution in [1.82, 2.24) is 9.97 Å². The maximum absolute atomic E-state index is 12.2. The van der Waals surface area contributed by atoms with E-state index in [1.807, 2.05) is 6.26 Å². The monoisotopic (exact) mass is 497 g/mol. The standard InChI is InChI=1S/C21H15N5O6S2/c1-33-20-24-16(14-15(22)17(18(23)27)34-19(14)25-20)10-3-2-4-13(9-10)32-21(28)31-12-7-5-11(6-8-12)26(29)30/h2-9H,22H2,1H3,(H2,23,27). The van der Waals surface area contributed by atoms with Gasteiger partial charge in [-0.2, -0.15) is 0 Å². The van der Waals surface area contributed by atoms with Crippen molar-refractivity contribution in [2.45, 2.75) is 5.16 Å². The second kappa shape index (κ2) is 9.33. The second-order valence-electron chi connectivity index (χ2n) is 6.68. The van der Waals surface area contributed by atoms with Crippen LogP contribution in [0.3, 0.4) is 0 Å². The number of nitro benzene ring substituents is 1. The van der Waals surface area contributed by atoms with E-state index in [0.29, 0.717) is 26.6 Å². The van der Waals surface area contributed by atoms with Gasteiger partial charge in [-0.15, -0.1) is 11.3 Å². The molecule has 0 bridgehead atoms. The third kappa shape index (κ3) is 4.60. The van der Waals surface area contributed by atoms with Crippen molar-refractivity contribution in [3.05, 3.63) is 63.5 Å². The van der Waals surface area contributed by atoms with Gasteiger partial charge in [0.15, 0.2) is 5.16 Å². The van der Waals surface area contributed by atoms with Gasteiger partial charge in [0, 0.05) is 17.7 Å². The quantitative estimate of drug-likeness (QED) is 0.0978. The van der Waals surface area contributed by atoms with E-state index < -0.39 is 17.0 Å². The largest absolute Gasteiger partial charge is 0.519 e. The van der Waals surface area contributed by atoms with E-state index in [0.717, 1.165) is 11.3 Å². The molecular weight excluding hydrogens is 482 g/mol. The average molecular weight is 498 g/mol. The minimum atomic E-state index is -1.03. The normalized spacial score (nSPS) is 10.7. The van der Waals surface area contributed by atoms with E-state index in [-0.39, 0.29) is 27.8 Å². The first kappa shape index (κ1) is 22.9. The van der Waals surface area contributed by atoms with Crippen LogP contribution in [0.25, 0.3) is 21.5 Å². The molecule has 13 heteroatoms. The highest BCUT2D eigenvalue weighted by Gasteiger charge is 2.21. The van der Waals surface area contributed by atoms with Gasteiger partial charge in [0.05, 0.1) is 21.7 Å². The molecule has 0 unspecified atom stereocenters. The molecule has 0 saturated carbocycles. The molecule has 4 aromatic rings. The summed E-state index contributed by atoms with van der Waals surface area (Å²) in [5.74, 6) is -0.423. The number of carbonyl (C=O) groups excluding carboxylic acids is 2. The van der Waals surface area contributed by atoms with Crippen LogP contribution in [0.5, 0.6) is 11.5 Å². The van der Waals surface area contributed by atoms with E-state index in [9.17, 15) is 19.7 Å². The number of ether oxygens (including phenoxy) is 2. The molecule has 0 fully saturated rings. The first-order valence-corrected chi connectivity index (χ1v) is 11.5. The summed E-state index contributed by atoms with van der Waals surface area (Å²) in [6, 6.07) is 11.5.